The number of carbonyl (C=O) groups excluding carboxylic acids is 5. The molecule has 13 nitrogen and oxygen atoms in total. The smallest absolute Gasteiger partial charge is 0.243 e. The van der Waals surface area contributed by atoms with Crippen LogP contribution in [0.1, 0.15) is 52.9 Å². The maximum atomic E-state index is 12.6. The zero-order chi connectivity index (χ0) is 25.7. The Morgan fingerprint density at radius 3 is 2.24 bits per heavy atom. The number of rotatable bonds is 14. The highest BCUT2D eigenvalue weighted by molar-refractivity contribution is 5.94. The van der Waals surface area contributed by atoms with Crippen molar-refractivity contribution >= 4 is 35.9 Å². The van der Waals surface area contributed by atoms with Gasteiger partial charge in [-0.05, 0) is 52.5 Å². The molecule has 5 atom stereocenters. The van der Waals surface area contributed by atoms with Gasteiger partial charge in [0.1, 0.15) is 24.4 Å². The molecular weight excluding hydrogens is 444 g/mol. The van der Waals surface area contributed by atoms with Crippen LogP contribution < -0.4 is 38.1 Å². The third-order valence-corrected chi connectivity index (χ3v) is 5.38. The summed E-state index contributed by atoms with van der Waals surface area (Å²) in [5.41, 5.74) is 10.5. The summed E-state index contributed by atoms with van der Waals surface area (Å²) in [7, 11) is 0. The van der Waals surface area contributed by atoms with Crippen LogP contribution in [-0.2, 0) is 24.0 Å². The minimum atomic E-state index is -0.941. The van der Waals surface area contributed by atoms with E-state index >= 15 is 0 Å². The molecule has 0 aromatic carbocycles. The molecule has 1 aliphatic heterocycles. The van der Waals surface area contributed by atoms with Crippen LogP contribution in [0.2, 0.25) is 0 Å². The van der Waals surface area contributed by atoms with Gasteiger partial charge in [0, 0.05) is 6.54 Å². The largest absolute Gasteiger partial charge is 0.370 e. The minimum absolute atomic E-state index is 0.0526. The summed E-state index contributed by atoms with van der Waals surface area (Å²) < 4.78 is 0. The summed E-state index contributed by atoms with van der Waals surface area (Å²) in [6.45, 7) is 5.80. The number of nitrogens with two attached hydrogens (primary N) is 2. The molecule has 0 unspecified atom stereocenters. The predicted molar refractivity (Wildman–Crippen MR) is 126 cm³/mol. The zero-order valence-electron chi connectivity index (χ0n) is 20.1. The molecule has 0 aromatic heterocycles. The van der Waals surface area contributed by atoms with Gasteiger partial charge in [-0.3, -0.25) is 24.2 Å². The second-order valence-electron chi connectivity index (χ2n) is 8.28. The second-order valence-corrected chi connectivity index (χ2v) is 8.28. The van der Waals surface area contributed by atoms with E-state index in [0.717, 1.165) is 13.0 Å². The normalized spacial score (nSPS) is 18.5. The highest BCUT2D eigenvalue weighted by Gasteiger charge is 2.28. The lowest BCUT2D eigenvalue weighted by Crippen LogP contribution is -2.57. The lowest BCUT2D eigenvalue weighted by atomic mass is 10.1. The van der Waals surface area contributed by atoms with Crippen molar-refractivity contribution in [3.05, 3.63) is 0 Å². The van der Waals surface area contributed by atoms with Crippen molar-refractivity contribution in [1.82, 2.24) is 26.6 Å². The lowest BCUT2D eigenvalue weighted by Gasteiger charge is -2.23. The number of aldehydes is 1. The monoisotopic (exact) mass is 482 g/mol. The molecule has 34 heavy (non-hydrogen) atoms. The second kappa shape index (κ2) is 14.8. The molecule has 4 amide bonds. The van der Waals surface area contributed by atoms with Crippen LogP contribution in [0.4, 0.5) is 0 Å². The molecule has 0 spiro atoms. The van der Waals surface area contributed by atoms with Crippen LogP contribution in [-0.4, -0.2) is 79.2 Å². The number of carbonyl (C=O) groups is 5. The van der Waals surface area contributed by atoms with E-state index in [1.54, 1.807) is 6.92 Å². The highest BCUT2D eigenvalue weighted by atomic mass is 16.2. The van der Waals surface area contributed by atoms with Crippen LogP contribution in [0, 0.1) is 0 Å². The van der Waals surface area contributed by atoms with Gasteiger partial charge in [0.15, 0.2) is 5.96 Å². The minimum Gasteiger partial charge on any atom is -0.370 e. The quantitative estimate of drug-likeness (QED) is 0.0601. The van der Waals surface area contributed by atoms with Gasteiger partial charge in [-0.1, -0.05) is 6.92 Å². The molecule has 0 aliphatic carbocycles. The first-order valence-corrected chi connectivity index (χ1v) is 11.5. The van der Waals surface area contributed by atoms with Crippen LogP contribution in [0.15, 0.2) is 4.99 Å². The van der Waals surface area contributed by atoms with Gasteiger partial charge in [0.2, 0.25) is 23.6 Å². The van der Waals surface area contributed by atoms with Crippen LogP contribution in [0.5, 0.6) is 0 Å². The molecule has 0 saturated carbocycles. The number of nitrogens with one attached hydrogen (secondary N) is 5. The Morgan fingerprint density at radius 2 is 1.68 bits per heavy atom. The first kappa shape index (κ1) is 28.8. The number of guanidine groups is 1. The third-order valence-electron chi connectivity index (χ3n) is 5.38. The van der Waals surface area contributed by atoms with E-state index in [-0.39, 0.29) is 24.3 Å². The number of aliphatic imine (C=N–C) groups is 1. The Labute approximate surface area is 199 Å². The maximum absolute atomic E-state index is 12.6. The van der Waals surface area contributed by atoms with Gasteiger partial charge in [-0.15, -0.1) is 0 Å². The molecular formula is C21H38N8O5. The molecule has 9 N–H and O–H groups in total. The van der Waals surface area contributed by atoms with E-state index in [9.17, 15) is 24.0 Å². The van der Waals surface area contributed by atoms with Crippen molar-refractivity contribution in [2.24, 2.45) is 16.5 Å². The summed E-state index contributed by atoms with van der Waals surface area (Å²) in [6, 6.07) is -3.73. The van der Waals surface area contributed by atoms with Gasteiger partial charge in [0.05, 0.1) is 12.1 Å². The molecule has 1 rings (SSSR count). The van der Waals surface area contributed by atoms with E-state index in [1.165, 1.54) is 13.8 Å². The SMILES string of the molecule is CC[C@H](NC(=O)[C@H](C)NC(=O)[C@@H]1CCCN1)C(=O)N[C@@H](C)C(=O)N[C@H](C=O)CCCN=C(N)N. The number of hydrogen-bond donors (Lipinski definition) is 7. The topological polar surface area (TPSA) is 210 Å². The fraction of sp³-hybridized carbons (Fsp3) is 0.714. The van der Waals surface area contributed by atoms with Gasteiger partial charge in [0.25, 0.3) is 0 Å². The number of hydrogen-bond acceptors (Lipinski definition) is 7. The lowest BCUT2D eigenvalue weighted by molar-refractivity contribution is -0.133. The van der Waals surface area contributed by atoms with Crippen molar-refractivity contribution in [2.45, 2.75) is 83.1 Å². The van der Waals surface area contributed by atoms with Crippen molar-refractivity contribution in [1.29, 1.82) is 0 Å². The molecule has 0 radical (unpaired) electrons. The molecule has 0 bridgehead atoms. The van der Waals surface area contributed by atoms with Crippen molar-refractivity contribution in [3.63, 3.8) is 0 Å². The summed E-state index contributed by atoms with van der Waals surface area (Å²) in [5.74, 6) is -1.91. The van der Waals surface area contributed by atoms with Crippen LogP contribution in [0.3, 0.4) is 0 Å². The van der Waals surface area contributed by atoms with E-state index in [0.29, 0.717) is 32.1 Å². The van der Waals surface area contributed by atoms with Crippen molar-refractivity contribution in [3.8, 4) is 0 Å². The standard InChI is InChI=1S/C21H38N8O5/c1-4-15(29-18(32)13(3)27-20(34)16-8-6-9-24-16)19(33)26-12(2)17(31)28-14(11-30)7-5-10-25-21(22)23/h11-16,24H,4-10H2,1-3H3,(H,26,33)(H,27,34)(H,28,31)(H,29,32)(H4,22,23,25)/t12-,13-,14-,15-,16-/m0/s1. The van der Waals surface area contributed by atoms with Crippen LogP contribution in [0.25, 0.3) is 0 Å². The van der Waals surface area contributed by atoms with E-state index in [2.05, 4.69) is 31.6 Å². The Balaban J connectivity index is 2.51. The molecule has 1 aliphatic rings. The first-order chi connectivity index (χ1) is 16.1. The Kier molecular flexibility index (Phi) is 12.6. The van der Waals surface area contributed by atoms with Crippen molar-refractivity contribution in [2.75, 3.05) is 13.1 Å². The molecule has 1 fully saturated rings. The average molecular weight is 483 g/mol. The molecule has 192 valence electrons. The Hall–Kier alpha value is -3.22. The third kappa shape index (κ3) is 10.1. The first-order valence-electron chi connectivity index (χ1n) is 11.5. The summed E-state index contributed by atoms with van der Waals surface area (Å²) in [4.78, 5) is 64.7. The van der Waals surface area contributed by atoms with E-state index in [4.69, 9.17) is 11.5 Å². The predicted octanol–water partition coefficient (Wildman–Crippen LogP) is -2.62. The highest BCUT2D eigenvalue weighted by Crippen LogP contribution is 2.05. The fourth-order valence-electron chi connectivity index (χ4n) is 3.32. The van der Waals surface area contributed by atoms with E-state index in [1.807, 2.05) is 0 Å². The summed E-state index contributed by atoms with van der Waals surface area (Å²) in [6.07, 6.45) is 3.31. The van der Waals surface area contributed by atoms with Gasteiger partial charge in [-0.2, -0.15) is 0 Å². The maximum Gasteiger partial charge on any atom is 0.243 e. The fourth-order valence-corrected chi connectivity index (χ4v) is 3.32. The Morgan fingerprint density at radius 1 is 1.03 bits per heavy atom. The van der Waals surface area contributed by atoms with Gasteiger partial charge < -0.3 is 42.8 Å². The average Bonchev–Trinajstić information content (AvgIpc) is 3.33. The number of amides is 4. The van der Waals surface area contributed by atoms with Gasteiger partial charge >= 0.3 is 0 Å². The summed E-state index contributed by atoms with van der Waals surface area (Å²) >= 11 is 0. The molecule has 13 heteroatoms. The molecule has 0 aromatic rings. The summed E-state index contributed by atoms with van der Waals surface area (Å²) in [5, 5.41) is 13.4. The Bertz CT molecular complexity index is 749. The van der Waals surface area contributed by atoms with E-state index < -0.39 is 41.9 Å². The van der Waals surface area contributed by atoms with Crippen LogP contribution >= 0.6 is 0 Å². The molecule has 1 saturated heterocycles. The van der Waals surface area contributed by atoms with Crippen molar-refractivity contribution < 1.29 is 24.0 Å². The number of nitrogens with zero attached hydrogens (tertiary/aromatic N) is 1. The molecule has 1 heterocycles. The zero-order valence-corrected chi connectivity index (χ0v) is 20.1. The van der Waals surface area contributed by atoms with Gasteiger partial charge in [-0.25, -0.2) is 0 Å².